The summed E-state index contributed by atoms with van der Waals surface area (Å²) in [4.78, 5) is 15.6. The molecule has 5 heteroatoms. The molecule has 0 spiro atoms. The number of imidazole rings is 1. The van der Waals surface area contributed by atoms with Crippen molar-refractivity contribution in [2.75, 3.05) is 0 Å². The molecule has 0 aliphatic carbocycles. The Hall–Kier alpha value is -0.840. The van der Waals surface area contributed by atoms with Crippen LogP contribution in [0.2, 0.25) is 0 Å². The van der Waals surface area contributed by atoms with Gasteiger partial charge in [-0.1, -0.05) is 0 Å². The molecule has 1 aromatic rings. The quantitative estimate of drug-likeness (QED) is 0.721. The summed E-state index contributed by atoms with van der Waals surface area (Å²) in [7, 11) is 0. The molecule has 1 aromatic heterocycles. The van der Waals surface area contributed by atoms with Gasteiger partial charge in [0.25, 0.3) is 0 Å². The van der Waals surface area contributed by atoms with E-state index in [0.29, 0.717) is 4.73 Å². The Balaban J connectivity index is 2.85. The molecule has 14 heavy (non-hydrogen) atoms. The molecular weight excluding hydrogens is 248 g/mol. The van der Waals surface area contributed by atoms with Gasteiger partial charge in [-0.3, -0.25) is 0 Å². The smallest absolute Gasteiger partial charge is 0.420 e. The first kappa shape index (κ1) is 11.2. The van der Waals surface area contributed by atoms with Gasteiger partial charge in [0, 0.05) is 6.20 Å². The predicted octanol–water partition coefficient (Wildman–Crippen LogP) is 2.74. The van der Waals surface area contributed by atoms with Crippen LogP contribution in [0, 0.1) is 6.92 Å². The van der Waals surface area contributed by atoms with Gasteiger partial charge in [-0.15, -0.1) is 0 Å². The summed E-state index contributed by atoms with van der Waals surface area (Å²) in [5.41, 5.74) is 0.275. The number of ether oxygens (including phenoxy) is 1. The molecule has 4 nitrogen and oxygen atoms in total. The number of rotatable bonds is 0. The SMILES string of the molecule is Cc1cn(C(=O)OC(C)(C)C)c(Br)n1. The van der Waals surface area contributed by atoms with Crippen molar-refractivity contribution in [3.8, 4) is 0 Å². The van der Waals surface area contributed by atoms with E-state index >= 15 is 0 Å². The van der Waals surface area contributed by atoms with E-state index in [1.807, 2.05) is 27.7 Å². The Morgan fingerprint density at radius 1 is 1.57 bits per heavy atom. The van der Waals surface area contributed by atoms with Crippen molar-refractivity contribution in [2.45, 2.75) is 33.3 Å². The number of carbonyl (C=O) groups is 1. The number of hydrogen-bond acceptors (Lipinski definition) is 3. The van der Waals surface area contributed by atoms with Gasteiger partial charge in [0.15, 0.2) is 4.73 Å². The molecule has 0 bridgehead atoms. The largest absolute Gasteiger partial charge is 0.443 e. The summed E-state index contributed by atoms with van der Waals surface area (Å²) in [6.45, 7) is 7.28. The van der Waals surface area contributed by atoms with Gasteiger partial charge in [0.2, 0.25) is 0 Å². The fourth-order valence-electron chi connectivity index (χ4n) is 0.907. The molecule has 0 atom stereocenters. The summed E-state index contributed by atoms with van der Waals surface area (Å²) in [5, 5.41) is 0. The average Bonchev–Trinajstić information content (AvgIpc) is 2.26. The topological polar surface area (TPSA) is 44.1 Å². The minimum Gasteiger partial charge on any atom is -0.443 e. The third kappa shape index (κ3) is 2.83. The van der Waals surface area contributed by atoms with E-state index in [0.717, 1.165) is 5.69 Å². The molecule has 1 rings (SSSR count). The molecule has 0 aliphatic heterocycles. The fraction of sp³-hybridized carbons (Fsp3) is 0.556. The van der Waals surface area contributed by atoms with Crippen LogP contribution in [-0.4, -0.2) is 21.2 Å². The molecule has 0 fully saturated rings. The van der Waals surface area contributed by atoms with Gasteiger partial charge in [-0.25, -0.2) is 14.3 Å². The van der Waals surface area contributed by atoms with Crippen LogP contribution in [0.15, 0.2) is 10.9 Å². The Bertz CT molecular complexity index is 352. The van der Waals surface area contributed by atoms with Crippen molar-refractivity contribution in [1.82, 2.24) is 9.55 Å². The molecule has 0 saturated heterocycles. The second-order valence-electron chi connectivity index (χ2n) is 4.00. The Labute approximate surface area is 91.4 Å². The van der Waals surface area contributed by atoms with E-state index in [-0.39, 0.29) is 0 Å². The maximum atomic E-state index is 11.6. The van der Waals surface area contributed by atoms with Crippen molar-refractivity contribution in [3.05, 3.63) is 16.6 Å². The van der Waals surface area contributed by atoms with Crippen molar-refractivity contribution in [2.24, 2.45) is 0 Å². The van der Waals surface area contributed by atoms with Gasteiger partial charge in [0.1, 0.15) is 5.60 Å². The third-order valence-corrected chi connectivity index (χ3v) is 1.93. The zero-order chi connectivity index (χ0) is 10.9. The minimum absolute atomic E-state index is 0.426. The van der Waals surface area contributed by atoms with Crippen molar-refractivity contribution in [1.29, 1.82) is 0 Å². The lowest BCUT2D eigenvalue weighted by Gasteiger charge is -2.19. The molecular formula is C9H13BrN2O2. The van der Waals surface area contributed by atoms with Crippen molar-refractivity contribution >= 4 is 22.0 Å². The monoisotopic (exact) mass is 260 g/mol. The average molecular weight is 261 g/mol. The first-order chi connectivity index (χ1) is 6.29. The second kappa shape index (κ2) is 3.73. The number of nitrogens with zero attached hydrogens (tertiary/aromatic N) is 2. The zero-order valence-electron chi connectivity index (χ0n) is 8.67. The number of aromatic nitrogens is 2. The fourth-order valence-corrected chi connectivity index (χ4v) is 1.43. The van der Waals surface area contributed by atoms with E-state index in [4.69, 9.17) is 4.74 Å². The Morgan fingerprint density at radius 2 is 2.14 bits per heavy atom. The van der Waals surface area contributed by atoms with Crippen LogP contribution in [0.3, 0.4) is 0 Å². The second-order valence-corrected chi connectivity index (χ2v) is 4.71. The van der Waals surface area contributed by atoms with Gasteiger partial charge < -0.3 is 4.74 Å². The first-order valence-corrected chi connectivity index (χ1v) is 5.04. The Morgan fingerprint density at radius 3 is 2.50 bits per heavy atom. The van der Waals surface area contributed by atoms with Crippen LogP contribution in [0.4, 0.5) is 4.79 Å². The van der Waals surface area contributed by atoms with Gasteiger partial charge in [-0.05, 0) is 43.6 Å². The highest BCUT2D eigenvalue weighted by Crippen LogP contribution is 2.14. The minimum atomic E-state index is -0.491. The number of aryl methyl sites for hydroxylation is 1. The van der Waals surface area contributed by atoms with E-state index in [1.165, 1.54) is 4.57 Å². The van der Waals surface area contributed by atoms with Crippen LogP contribution in [-0.2, 0) is 4.74 Å². The molecule has 1 heterocycles. The summed E-state index contributed by atoms with van der Waals surface area (Å²) < 4.78 is 6.97. The Kier molecular flexibility index (Phi) is 2.99. The molecule has 0 unspecified atom stereocenters. The summed E-state index contributed by atoms with van der Waals surface area (Å²) >= 11 is 3.18. The lowest BCUT2D eigenvalue weighted by Crippen LogP contribution is -2.26. The highest BCUT2D eigenvalue weighted by atomic mass is 79.9. The van der Waals surface area contributed by atoms with Crippen molar-refractivity contribution in [3.63, 3.8) is 0 Å². The van der Waals surface area contributed by atoms with Crippen LogP contribution in [0.5, 0.6) is 0 Å². The molecule has 0 aromatic carbocycles. The highest BCUT2D eigenvalue weighted by Gasteiger charge is 2.19. The number of hydrogen-bond donors (Lipinski definition) is 0. The van der Waals surface area contributed by atoms with Crippen molar-refractivity contribution < 1.29 is 9.53 Å². The molecule has 0 saturated carbocycles. The van der Waals surface area contributed by atoms with E-state index < -0.39 is 11.7 Å². The highest BCUT2D eigenvalue weighted by molar-refractivity contribution is 9.10. The molecule has 0 amide bonds. The lowest BCUT2D eigenvalue weighted by molar-refractivity contribution is 0.0532. The van der Waals surface area contributed by atoms with Crippen LogP contribution in [0.25, 0.3) is 0 Å². The standard InChI is InChI=1S/C9H13BrN2O2/c1-6-5-12(7(10)11-6)8(13)14-9(2,3)4/h5H,1-4H3. The molecule has 0 radical (unpaired) electrons. The number of carbonyl (C=O) groups excluding carboxylic acids is 1. The molecule has 0 aliphatic rings. The van der Waals surface area contributed by atoms with Crippen LogP contribution >= 0.6 is 15.9 Å². The normalized spacial score (nSPS) is 11.5. The molecule has 0 N–H and O–H groups in total. The van der Waals surface area contributed by atoms with Crippen LogP contribution < -0.4 is 0 Å². The van der Waals surface area contributed by atoms with E-state index in [1.54, 1.807) is 6.20 Å². The van der Waals surface area contributed by atoms with Gasteiger partial charge in [0.05, 0.1) is 5.69 Å². The number of halogens is 1. The van der Waals surface area contributed by atoms with E-state index in [2.05, 4.69) is 20.9 Å². The van der Waals surface area contributed by atoms with Gasteiger partial charge in [-0.2, -0.15) is 0 Å². The third-order valence-electron chi connectivity index (χ3n) is 1.37. The van der Waals surface area contributed by atoms with Gasteiger partial charge >= 0.3 is 6.09 Å². The van der Waals surface area contributed by atoms with Crippen LogP contribution in [0.1, 0.15) is 26.5 Å². The lowest BCUT2D eigenvalue weighted by atomic mass is 10.2. The summed E-state index contributed by atoms with van der Waals surface area (Å²) in [6, 6.07) is 0. The van der Waals surface area contributed by atoms with E-state index in [9.17, 15) is 4.79 Å². The zero-order valence-corrected chi connectivity index (χ0v) is 10.3. The summed E-state index contributed by atoms with van der Waals surface area (Å²) in [5.74, 6) is 0. The molecule has 78 valence electrons. The predicted molar refractivity (Wildman–Crippen MR) is 56.3 cm³/mol. The first-order valence-electron chi connectivity index (χ1n) is 4.24. The maximum Gasteiger partial charge on any atom is 0.420 e. The summed E-state index contributed by atoms with van der Waals surface area (Å²) in [6.07, 6.45) is 1.20. The maximum absolute atomic E-state index is 11.6.